The number of hydrogen-bond donors (Lipinski definition) is 1. The molecule has 5 nitrogen and oxygen atoms in total. The Bertz CT molecular complexity index is 439. The summed E-state index contributed by atoms with van der Waals surface area (Å²) in [4.78, 5) is 36.8. The monoisotopic (exact) mass is 218 g/mol. The lowest BCUT2D eigenvalue weighted by Crippen LogP contribution is -2.39. The summed E-state index contributed by atoms with van der Waals surface area (Å²) < 4.78 is 0. The lowest BCUT2D eigenvalue weighted by atomic mass is 9.91. The third-order valence-corrected chi connectivity index (χ3v) is 2.57. The van der Waals surface area contributed by atoms with Gasteiger partial charge in [-0.3, -0.25) is 24.7 Å². The molecular weight excluding hydrogens is 208 g/mol. The molecule has 0 saturated carbocycles. The Hall–Kier alpha value is -2.04. The number of aromatic nitrogens is 1. The number of aldehydes is 1. The van der Waals surface area contributed by atoms with Crippen LogP contribution in [0.25, 0.3) is 0 Å². The summed E-state index contributed by atoms with van der Waals surface area (Å²) in [5, 5.41) is 2.28. The van der Waals surface area contributed by atoms with Gasteiger partial charge in [-0.25, -0.2) is 0 Å². The molecule has 0 aromatic carbocycles. The van der Waals surface area contributed by atoms with E-state index in [0.717, 1.165) is 5.56 Å². The van der Waals surface area contributed by atoms with E-state index in [1.807, 2.05) is 0 Å². The van der Waals surface area contributed by atoms with Crippen molar-refractivity contribution in [1.82, 2.24) is 10.3 Å². The molecule has 2 amide bonds. The summed E-state index contributed by atoms with van der Waals surface area (Å²) in [5.74, 6) is -0.874. The van der Waals surface area contributed by atoms with Crippen LogP contribution in [-0.4, -0.2) is 23.1 Å². The van der Waals surface area contributed by atoms with Crippen LogP contribution in [0.1, 0.15) is 34.8 Å². The van der Waals surface area contributed by atoms with Gasteiger partial charge in [0.15, 0.2) is 6.29 Å². The third kappa shape index (κ3) is 1.98. The van der Waals surface area contributed by atoms with Gasteiger partial charge in [0.2, 0.25) is 11.8 Å². The van der Waals surface area contributed by atoms with Crippen molar-refractivity contribution >= 4 is 18.1 Å². The number of nitrogens with zero attached hydrogens (tertiary/aromatic N) is 1. The van der Waals surface area contributed by atoms with Gasteiger partial charge in [0, 0.05) is 12.6 Å². The van der Waals surface area contributed by atoms with Gasteiger partial charge in [0.05, 0.1) is 5.92 Å². The zero-order valence-corrected chi connectivity index (χ0v) is 8.47. The first-order valence-corrected chi connectivity index (χ1v) is 4.95. The highest BCUT2D eigenvalue weighted by molar-refractivity contribution is 6.00. The molecule has 2 heterocycles. The van der Waals surface area contributed by atoms with Crippen LogP contribution in [0.4, 0.5) is 0 Å². The van der Waals surface area contributed by atoms with Crippen molar-refractivity contribution < 1.29 is 14.4 Å². The fourth-order valence-electron chi connectivity index (χ4n) is 1.70. The van der Waals surface area contributed by atoms with Crippen LogP contribution < -0.4 is 5.32 Å². The van der Waals surface area contributed by atoms with Crippen molar-refractivity contribution in [2.45, 2.75) is 18.8 Å². The van der Waals surface area contributed by atoms with Gasteiger partial charge in [0.25, 0.3) is 0 Å². The molecule has 1 fully saturated rings. The quantitative estimate of drug-likeness (QED) is 0.576. The van der Waals surface area contributed by atoms with E-state index in [1.54, 1.807) is 12.1 Å². The fourth-order valence-corrected chi connectivity index (χ4v) is 1.70. The SMILES string of the molecule is O=Cc1ccc(C2CCC(=O)NC2=O)cn1. The minimum atomic E-state index is -0.342. The Kier molecular flexibility index (Phi) is 2.76. The second-order valence-corrected chi connectivity index (χ2v) is 3.64. The molecule has 5 heteroatoms. The highest BCUT2D eigenvalue weighted by Crippen LogP contribution is 2.23. The van der Waals surface area contributed by atoms with Crippen molar-refractivity contribution in [1.29, 1.82) is 0 Å². The molecule has 1 saturated heterocycles. The number of imide groups is 1. The van der Waals surface area contributed by atoms with Crippen LogP contribution in [0.3, 0.4) is 0 Å². The van der Waals surface area contributed by atoms with Gasteiger partial charge in [-0.1, -0.05) is 6.07 Å². The van der Waals surface area contributed by atoms with E-state index < -0.39 is 0 Å². The first-order valence-electron chi connectivity index (χ1n) is 4.95. The molecule has 0 spiro atoms. The zero-order valence-electron chi connectivity index (χ0n) is 8.47. The predicted molar refractivity (Wildman–Crippen MR) is 54.7 cm³/mol. The number of carbonyl (C=O) groups excluding carboxylic acids is 3. The fraction of sp³-hybridized carbons (Fsp3) is 0.273. The molecule has 1 aliphatic rings. The summed E-state index contributed by atoms with van der Waals surface area (Å²) >= 11 is 0. The predicted octanol–water partition coefficient (Wildman–Crippen LogP) is 0.414. The van der Waals surface area contributed by atoms with Crippen LogP contribution in [-0.2, 0) is 9.59 Å². The van der Waals surface area contributed by atoms with Gasteiger partial charge in [-0.05, 0) is 18.1 Å². The van der Waals surface area contributed by atoms with E-state index in [9.17, 15) is 14.4 Å². The number of piperidine rings is 1. The molecule has 2 rings (SSSR count). The van der Waals surface area contributed by atoms with Crippen molar-refractivity contribution in [3.63, 3.8) is 0 Å². The molecule has 1 aromatic heterocycles. The Labute approximate surface area is 91.9 Å². The topological polar surface area (TPSA) is 76.1 Å². The number of nitrogens with one attached hydrogen (secondary N) is 1. The second-order valence-electron chi connectivity index (χ2n) is 3.64. The third-order valence-electron chi connectivity index (χ3n) is 2.57. The Balaban J connectivity index is 2.20. The number of amides is 2. The average Bonchev–Trinajstić information content (AvgIpc) is 2.29. The Morgan fingerprint density at radius 3 is 2.75 bits per heavy atom. The van der Waals surface area contributed by atoms with E-state index in [2.05, 4.69) is 10.3 Å². The lowest BCUT2D eigenvalue weighted by molar-refractivity contribution is -0.134. The first kappa shape index (κ1) is 10.5. The second kappa shape index (κ2) is 4.22. The van der Waals surface area contributed by atoms with Crippen molar-refractivity contribution in [2.24, 2.45) is 0 Å². The minimum Gasteiger partial charge on any atom is -0.296 e. The minimum absolute atomic E-state index is 0.237. The first-order chi connectivity index (χ1) is 7.70. The van der Waals surface area contributed by atoms with Gasteiger partial charge < -0.3 is 0 Å². The summed E-state index contributed by atoms with van der Waals surface area (Å²) in [6.45, 7) is 0. The van der Waals surface area contributed by atoms with Crippen LogP contribution in [0, 0.1) is 0 Å². The van der Waals surface area contributed by atoms with Crippen molar-refractivity contribution in [2.75, 3.05) is 0 Å². The van der Waals surface area contributed by atoms with Crippen LogP contribution >= 0.6 is 0 Å². The van der Waals surface area contributed by atoms with Crippen LogP contribution in [0.2, 0.25) is 0 Å². The maximum Gasteiger partial charge on any atom is 0.234 e. The zero-order chi connectivity index (χ0) is 11.5. The van der Waals surface area contributed by atoms with Gasteiger partial charge in [0.1, 0.15) is 5.69 Å². The lowest BCUT2D eigenvalue weighted by Gasteiger charge is -2.20. The number of pyridine rings is 1. The van der Waals surface area contributed by atoms with Crippen molar-refractivity contribution in [3.8, 4) is 0 Å². The molecule has 16 heavy (non-hydrogen) atoms. The summed E-state index contributed by atoms with van der Waals surface area (Å²) in [6, 6.07) is 3.25. The molecule has 1 aliphatic heterocycles. The number of carbonyl (C=O) groups is 3. The number of rotatable bonds is 2. The molecule has 0 bridgehead atoms. The molecule has 1 atom stereocenters. The molecule has 1 N–H and O–H groups in total. The van der Waals surface area contributed by atoms with Gasteiger partial charge in [-0.15, -0.1) is 0 Å². The Morgan fingerprint density at radius 1 is 1.38 bits per heavy atom. The summed E-state index contributed by atoms with van der Waals surface area (Å²) in [6.07, 6.45) is 2.98. The molecule has 1 aromatic rings. The van der Waals surface area contributed by atoms with E-state index in [1.165, 1.54) is 6.20 Å². The molecule has 1 unspecified atom stereocenters. The van der Waals surface area contributed by atoms with E-state index in [0.29, 0.717) is 24.8 Å². The summed E-state index contributed by atoms with van der Waals surface area (Å²) in [7, 11) is 0. The maximum atomic E-state index is 11.5. The maximum absolute atomic E-state index is 11.5. The van der Waals surface area contributed by atoms with E-state index in [4.69, 9.17) is 0 Å². The van der Waals surface area contributed by atoms with Gasteiger partial charge >= 0.3 is 0 Å². The number of hydrogen-bond acceptors (Lipinski definition) is 4. The average molecular weight is 218 g/mol. The molecule has 82 valence electrons. The van der Waals surface area contributed by atoms with E-state index >= 15 is 0 Å². The summed E-state index contributed by atoms with van der Waals surface area (Å²) in [5.41, 5.74) is 1.06. The highest BCUT2D eigenvalue weighted by Gasteiger charge is 2.27. The van der Waals surface area contributed by atoms with Crippen LogP contribution in [0.5, 0.6) is 0 Å². The van der Waals surface area contributed by atoms with Gasteiger partial charge in [-0.2, -0.15) is 0 Å². The molecular formula is C11H10N2O3. The standard InChI is InChI=1S/C11H10N2O3/c14-6-8-2-1-7(5-12-8)9-3-4-10(15)13-11(9)16/h1-2,5-6,9H,3-4H2,(H,13,15,16). The Morgan fingerprint density at radius 2 is 2.19 bits per heavy atom. The largest absolute Gasteiger partial charge is 0.296 e. The highest BCUT2D eigenvalue weighted by atomic mass is 16.2. The van der Waals surface area contributed by atoms with Crippen molar-refractivity contribution in [3.05, 3.63) is 29.6 Å². The normalized spacial score (nSPS) is 20.4. The molecule has 0 radical (unpaired) electrons. The molecule has 0 aliphatic carbocycles. The smallest absolute Gasteiger partial charge is 0.234 e. The van der Waals surface area contributed by atoms with Crippen LogP contribution in [0.15, 0.2) is 18.3 Å². The van der Waals surface area contributed by atoms with E-state index in [-0.39, 0.29) is 17.7 Å².